The normalized spacial score (nSPS) is 13.8. The summed E-state index contributed by atoms with van der Waals surface area (Å²) < 4.78 is 0. The van der Waals surface area contributed by atoms with Crippen LogP contribution in [0.1, 0.15) is 17.5 Å². The molecule has 0 aromatic heterocycles. The van der Waals surface area contributed by atoms with Crippen molar-refractivity contribution in [3.05, 3.63) is 71.8 Å². The van der Waals surface area contributed by atoms with Gasteiger partial charge in [-0.25, -0.2) is 0 Å². The average molecular weight is 316 g/mol. The third kappa shape index (κ3) is 6.73. The molecule has 0 aliphatic rings. The Kier molecular flexibility index (Phi) is 7.42. The molecular formula is C19H26P2. The Morgan fingerprint density at radius 3 is 1.38 bits per heavy atom. The Labute approximate surface area is 132 Å². The van der Waals surface area contributed by atoms with E-state index in [9.17, 15) is 0 Å². The molecule has 0 bridgehead atoms. The van der Waals surface area contributed by atoms with E-state index in [0.29, 0.717) is 0 Å². The lowest BCUT2D eigenvalue weighted by atomic mass is 10.2. The highest BCUT2D eigenvalue weighted by Crippen LogP contribution is 2.40. The number of hydrogen-bond donors (Lipinski definition) is 0. The van der Waals surface area contributed by atoms with E-state index < -0.39 is 0 Å². The molecule has 2 aromatic carbocycles. The topological polar surface area (TPSA) is 0 Å². The zero-order valence-electron chi connectivity index (χ0n) is 13.2. The molecule has 0 spiro atoms. The van der Waals surface area contributed by atoms with Crippen molar-refractivity contribution in [1.82, 2.24) is 0 Å². The predicted octanol–water partition coefficient (Wildman–Crippen LogP) is 6.00. The lowest BCUT2D eigenvalue weighted by molar-refractivity contribution is 1.09. The second-order valence-electron chi connectivity index (χ2n) is 5.80. The van der Waals surface area contributed by atoms with Gasteiger partial charge in [0.05, 0.1) is 0 Å². The summed E-state index contributed by atoms with van der Waals surface area (Å²) >= 11 is 0. The van der Waals surface area contributed by atoms with E-state index in [2.05, 4.69) is 74.0 Å². The van der Waals surface area contributed by atoms with E-state index in [4.69, 9.17) is 0 Å². The Balaban J connectivity index is 1.64. The molecule has 112 valence electrons. The van der Waals surface area contributed by atoms with E-state index in [1.54, 1.807) is 0 Å². The van der Waals surface area contributed by atoms with Gasteiger partial charge in [0.15, 0.2) is 0 Å². The molecule has 0 N–H and O–H groups in total. The fourth-order valence-corrected chi connectivity index (χ4v) is 6.19. The van der Waals surface area contributed by atoms with Crippen LogP contribution in [0.5, 0.6) is 0 Å². The summed E-state index contributed by atoms with van der Waals surface area (Å²) in [5.74, 6) is 0. The standard InChI is InChI=1S/C19H26P2/c1-20(16-18-10-5-3-6-11-18)14-9-15-21(2)17-19-12-7-4-8-13-19/h3-8,10-13H,9,14-17H2,1-2H3. The van der Waals surface area contributed by atoms with Gasteiger partial charge in [0.2, 0.25) is 0 Å². The van der Waals surface area contributed by atoms with Gasteiger partial charge in [-0.05, 0) is 55.5 Å². The molecule has 0 radical (unpaired) electrons. The van der Waals surface area contributed by atoms with E-state index in [1.165, 1.54) is 42.2 Å². The highest BCUT2D eigenvalue weighted by atomic mass is 31.1. The van der Waals surface area contributed by atoms with Crippen LogP contribution in [-0.4, -0.2) is 25.7 Å². The van der Waals surface area contributed by atoms with Crippen molar-refractivity contribution in [2.24, 2.45) is 0 Å². The summed E-state index contributed by atoms with van der Waals surface area (Å²) in [6.45, 7) is 4.91. The van der Waals surface area contributed by atoms with Gasteiger partial charge in [-0.1, -0.05) is 60.7 Å². The first-order valence-electron chi connectivity index (χ1n) is 7.69. The zero-order valence-corrected chi connectivity index (χ0v) is 15.0. The molecule has 0 saturated heterocycles. The first-order valence-corrected chi connectivity index (χ1v) is 12.0. The highest BCUT2D eigenvalue weighted by Gasteiger charge is 2.06. The maximum absolute atomic E-state index is 2.46. The molecule has 2 heteroatoms. The van der Waals surface area contributed by atoms with Crippen molar-refractivity contribution in [2.75, 3.05) is 25.7 Å². The van der Waals surface area contributed by atoms with Crippen molar-refractivity contribution in [2.45, 2.75) is 18.7 Å². The largest absolute Gasteiger partial charge is 0.105 e. The van der Waals surface area contributed by atoms with Crippen LogP contribution >= 0.6 is 15.8 Å². The maximum Gasteiger partial charge on any atom is -0.00756 e. The third-order valence-electron chi connectivity index (χ3n) is 3.67. The quantitative estimate of drug-likeness (QED) is 0.524. The van der Waals surface area contributed by atoms with Crippen LogP contribution in [0.25, 0.3) is 0 Å². The molecule has 21 heavy (non-hydrogen) atoms. The first kappa shape index (κ1) is 16.7. The summed E-state index contributed by atoms with van der Waals surface area (Å²) in [5.41, 5.74) is 3.02. The van der Waals surface area contributed by atoms with Gasteiger partial charge in [-0.3, -0.25) is 0 Å². The monoisotopic (exact) mass is 316 g/mol. The Morgan fingerprint density at radius 1 is 0.619 bits per heavy atom. The molecule has 0 amide bonds. The summed E-state index contributed by atoms with van der Waals surface area (Å²) in [7, 11) is 0.327. The minimum absolute atomic E-state index is 0.164. The van der Waals surface area contributed by atoms with Crippen molar-refractivity contribution in [1.29, 1.82) is 0 Å². The van der Waals surface area contributed by atoms with E-state index in [1.807, 2.05) is 0 Å². The molecule has 2 unspecified atom stereocenters. The average Bonchev–Trinajstić information content (AvgIpc) is 2.49. The van der Waals surface area contributed by atoms with E-state index in [-0.39, 0.29) is 15.8 Å². The second-order valence-corrected chi connectivity index (χ2v) is 10.8. The third-order valence-corrected chi connectivity index (χ3v) is 7.64. The minimum Gasteiger partial charge on any atom is -0.105 e. The SMILES string of the molecule is CP(CCCP(C)Cc1ccccc1)Cc1ccccc1. The predicted molar refractivity (Wildman–Crippen MR) is 100 cm³/mol. The van der Waals surface area contributed by atoms with Crippen molar-refractivity contribution in [3.63, 3.8) is 0 Å². The molecule has 0 heterocycles. The van der Waals surface area contributed by atoms with Crippen LogP contribution < -0.4 is 0 Å². The number of benzene rings is 2. The molecule has 0 saturated carbocycles. The van der Waals surface area contributed by atoms with Gasteiger partial charge in [-0.15, -0.1) is 15.8 Å². The van der Waals surface area contributed by atoms with E-state index >= 15 is 0 Å². The summed E-state index contributed by atoms with van der Waals surface area (Å²) in [6.07, 6.45) is 6.83. The smallest absolute Gasteiger partial charge is 0.00756 e. The lowest BCUT2D eigenvalue weighted by Gasteiger charge is -2.15. The molecule has 2 rings (SSSR count). The van der Waals surface area contributed by atoms with Crippen LogP contribution in [0.3, 0.4) is 0 Å². The van der Waals surface area contributed by atoms with Gasteiger partial charge < -0.3 is 0 Å². The van der Waals surface area contributed by atoms with Crippen molar-refractivity contribution < 1.29 is 0 Å². The summed E-state index contributed by atoms with van der Waals surface area (Å²) in [6, 6.07) is 21.9. The van der Waals surface area contributed by atoms with Gasteiger partial charge >= 0.3 is 0 Å². The lowest BCUT2D eigenvalue weighted by Crippen LogP contribution is -1.93. The van der Waals surface area contributed by atoms with Gasteiger partial charge in [0.1, 0.15) is 0 Å². The van der Waals surface area contributed by atoms with Crippen LogP contribution in [0, 0.1) is 0 Å². The molecule has 0 nitrogen and oxygen atoms in total. The fourth-order valence-electron chi connectivity index (χ4n) is 2.56. The van der Waals surface area contributed by atoms with Crippen LogP contribution in [0.4, 0.5) is 0 Å². The Hall–Kier alpha value is -0.700. The van der Waals surface area contributed by atoms with E-state index in [0.717, 1.165) is 0 Å². The summed E-state index contributed by atoms with van der Waals surface area (Å²) in [4.78, 5) is 0. The van der Waals surface area contributed by atoms with Crippen molar-refractivity contribution >= 4 is 15.8 Å². The highest BCUT2D eigenvalue weighted by molar-refractivity contribution is 7.57. The second kappa shape index (κ2) is 9.34. The molecule has 0 aliphatic heterocycles. The van der Waals surface area contributed by atoms with Crippen LogP contribution in [-0.2, 0) is 12.3 Å². The number of hydrogen-bond acceptors (Lipinski definition) is 0. The van der Waals surface area contributed by atoms with Gasteiger partial charge in [-0.2, -0.15) is 0 Å². The van der Waals surface area contributed by atoms with Gasteiger partial charge in [0.25, 0.3) is 0 Å². The molecular weight excluding hydrogens is 290 g/mol. The fraction of sp³-hybridized carbons (Fsp3) is 0.368. The van der Waals surface area contributed by atoms with Crippen LogP contribution in [0.15, 0.2) is 60.7 Å². The summed E-state index contributed by atoms with van der Waals surface area (Å²) in [5, 5.41) is 0. The first-order chi connectivity index (χ1) is 10.2. The molecule has 0 aliphatic carbocycles. The maximum atomic E-state index is 2.46. The minimum atomic E-state index is 0.164. The molecule has 2 atom stereocenters. The Bertz CT molecular complexity index is 448. The number of rotatable bonds is 8. The molecule has 0 fully saturated rings. The van der Waals surface area contributed by atoms with Crippen LogP contribution in [0.2, 0.25) is 0 Å². The molecule has 2 aromatic rings. The zero-order chi connectivity index (χ0) is 14.9. The van der Waals surface area contributed by atoms with Crippen molar-refractivity contribution in [3.8, 4) is 0 Å². The Morgan fingerprint density at radius 2 is 1.00 bits per heavy atom. The van der Waals surface area contributed by atoms with Gasteiger partial charge in [0, 0.05) is 0 Å².